The van der Waals surface area contributed by atoms with Gasteiger partial charge in [0.25, 0.3) is 0 Å². The third kappa shape index (κ3) is 3.66. The molecule has 0 radical (unpaired) electrons. The van der Waals surface area contributed by atoms with Crippen LogP contribution in [0.3, 0.4) is 0 Å². The average molecular weight is 394 g/mol. The van der Waals surface area contributed by atoms with Gasteiger partial charge in [0.1, 0.15) is 0 Å². The van der Waals surface area contributed by atoms with Crippen molar-refractivity contribution in [2.75, 3.05) is 0 Å². The molecule has 3 heterocycles. The summed E-state index contributed by atoms with van der Waals surface area (Å²) in [5, 5.41) is 3.12. The van der Waals surface area contributed by atoms with Gasteiger partial charge in [-0.25, -0.2) is 4.98 Å². The van der Waals surface area contributed by atoms with Crippen LogP contribution in [0.25, 0.3) is 16.9 Å². The SMILES string of the molecule is CC(Oc1ccc(-c2cn3c(C(F)(F)Cl)nnc3cn2)cn1)C(F)(F)F. The molecule has 12 heteroatoms. The summed E-state index contributed by atoms with van der Waals surface area (Å²) < 4.78 is 69.7. The van der Waals surface area contributed by atoms with Gasteiger partial charge in [0, 0.05) is 24.0 Å². The van der Waals surface area contributed by atoms with Crippen molar-refractivity contribution in [1.82, 2.24) is 24.6 Å². The first-order valence-electron chi connectivity index (χ1n) is 7.03. The van der Waals surface area contributed by atoms with E-state index >= 15 is 0 Å². The molecule has 0 aliphatic carbocycles. The Morgan fingerprint density at radius 3 is 2.38 bits per heavy atom. The Balaban J connectivity index is 1.90. The average Bonchev–Trinajstić information content (AvgIpc) is 2.98. The zero-order chi connectivity index (χ0) is 19.1. The van der Waals surface area contributed by atoms with Crippen LogP contribution < -0.4 is 4.74 Å². The number of nitrogens with zero attached hydrogens (tertiary/aromatic N) is 5. The summed E-state index contributed by atoms with van der Waals surface area (Å²) in [6.07, 6.45) is -2.93. The summed E-state index contributed by atoms with van der Waals surface area (Å²) in [6, 6.07) is 2.61. The second-order valence-corrected chi connectivity index (χ2v) is 5.68. The lowest BCUT2D eigenvalue weighted by Crippen LogP contribution is -2.31. The number of pyridine rings is 1. The molecule has 0 N–H and O–H groups in total. The van der Waals surface area contributed by atoms with E-state index in [9.17, 15) is 22.0 Å². The minimum absolute atomic E-state index is 0.0518. The molecule has 6 nitrogen and oxygen atoms in total. The van der Waals surface area contributed by atoms with E-state index in [-0.39, 0.29) is 17.2 Å². The van der Waals surface area contributed by atoms with Crippen molar-refractivity contribution in [2.24, 2.45) is 0 Å². The highest BCUT2D eigenvalue weighted by Gasteiger charge is 2.38. The summed E-state index contributed by atoms with van der Waals surface area (Å²) >= 11 is 4.99. The molecule has 3 aromatic heterocycles. The van der Waals surface area contributed by atoms with Gasteiger partial charge in [-0.3, -0.25) is 9.38 Å². The molecule has 1 unspecified atom stereocenters. The van der Waals surface area contributed by atoms with Crippen LogP contribution in [0, 0.1) is 0 Å². The number of fused-ring (bicyclic) bond motifs is 1. The molecular weight excluding hydrogens is 385 g/mol. The molecule has 1 atom stereocenters. The molecule has 0 bridgehead atoms. The molecule has 0 aromatic carbocycles. The smallest absolute Gasteiger partial charge is 0.425 e. The minimum Gasteiger partial charge on any atom is -0.465 e. The number of rotatable bonds is 4. The first-order valence-corrected chi connectivity index (χ1v) is 7.41. The van der Waals surface area contributed by atoms with E-state index in [1.54, 1.807) is 0 Å². The Labute approximate surface area is 147 Å². The zero-order valence-corrected chi connectivity index (χ0v) is 13.6. The number of hydrogen-bond donors (Lipinski definition) is 0. The summed E-state index contributed by atoms with van der Waals surface area (Å²) in [6.45, 7) is 0.852. The Morgan fingerprint density at radius 2 is 1.81 bits per heavy atom. The summed E-state index contributed by atoms with van der Waals surface area (Å²) in [7, 11) is 0. The second-order valence-electron chi connectivity index (χ2n) is 5.21. The normalized spacial score (nSPS) is 13.8. The van der Waals surface area contributed by atoms with Gasteiger partial charge >= 0.3 is 11.6 Å². The lowest BCUT2D eigenvalue weighted by Gasteiger charge is -2.16. The van der Waals surface area contributed by atoms with Crippen molar-refractivity contribution in [3.8, 4) is 17.1 Å². The zero-order valence-electron chi connectivity index (χ0n) is 12.9. The topological polar surface area (TPSA) is 65.2 Å². The quantitative estimate of drug-likeness (QED) is 0.498. The lowest BCUT2D eigenvalue weighted by atomic mass is 10.2. The van der Waals surface area contributed by atoms with Crippen LogP contribution in [0.15, 0.2) is 30.7 Å². The molecule has 0 amide bonds. The number of hydrogen-bond acceptors (Lipinski definition) is 5. The maximum absolute atomic E-state index is 13.3. The third-order valence-electron chi connectivity index (χ3n) is 3.34. The maximum Gasteiger partial charge on any atom is 0.425 e. The molecule has 0 aliphatic rings. The first-order chi connectivity index (χ1) is 12.1. The van der Waals surface area contributed by atoms with Gasteiger partial charge in [0.15, 0.2) is 11.8 Å². The molecule has 0 saturated carbocycles. The highest BCUT2D eigenvalue weighted by atomic mass is 35.5. The minimum atomic E-state index is -4.52. The van der Waals surface area contributed by atoms with Crippen LogP contribution in [0.1, 0.15) is 12.7 Å². The van der Waals surface area contributed by atoms with Crippen LogP contribution in [0.5, 0.6) is 5.88 Å². The van der Waals surface area contributed by atoms with Gasteiger partial charge < -0.3 is 4.74 Å². The van der Waals surface area contributed by atoms with Gasteiger partial charge in [-0.2, -0.15) is 22.0 Å². The van der Waals surface area contributed by atoms with Crippen LogP contribution in [0.2, 0.25) is 0 Å². The van der Waals surface area contributed by atoms with E-state index in [4.69, 9.17) is 16.3 Å². The Bertz CT molecular complexity index is 922. The Kier molecular flexibility index (Phi) is 4.42. The predicted molar refractivity (Wildman–Crippen MR) is 79.9 cm³/mol. The molecule has 0 fully saturated rings. The molecule has 26 heavy (non-hydrogen) atoms. The van der Waals surface area contributed by atoms with E-state index in [0.717, 1.165) is 11.3 Å². The van der Waals surface area contributed by atoms with Crippen molar-refractivity contribution >= 4 is 17.2 Å². The van der Waals surface area contributed by atoms with Gasteiger partial charge in [0.05, 0.1) is 11.9 Å². The molecule has 0 aliphatic heterocycles. The van der Waals surface area contributed by atoms with Crippen LogP contribution in [-0.2, 0) is 5.38 Å². The largest absolute Gasteiger partial charge is 0.465 e. The number of aromatic nitrogens is 5. The van der Waals surface area contributed by atoms with E-state index < -0.39 is 23.5 Å². The molecule has 138 valence electrons. The number of alkyl halides is 6. The number of ether oxygens (including phenoxy) is 1. The highest BCUT2D eigenvalue weighted by Crippen LogP contribution is 2.31. The molecular formula is C14H9ClF5N5O. The Hall–Kier alpha value is -2.56. The number of halogens is 6. The standard InChI is InChI=1S/C14H9ClF5N5O/c1-7(14(18,19)20)26-11-3-2-8(4-22-11)9-6-25-10(5-21-9)23-24-12(25)13(15,16)17/h2-7H,1H3. The molecule has 0 spiro atoms. The predicted octanol–water partition coefficient (Wildman–Crippen LogP) is 3.80. The van der Waals surface area contributed by atoms with Crippen molar-refractivity contribution in [3.05, 3.63) is 36.5 Å². The van der Waals surface area contributed by atoms with Crippen molar-refractivity contribution in [2.45, 2.75) is 24.6 Å². The monoisotopic (exact) mass is 393 g/mol. The van der Waals surface area contributed by atoms with Crippen LogP contribution in [0.4, 0.5) is 22.0 Å². The van der Waals surface area contributed by atoms with Gasteiger partial charge in [0.2, 0.25) is 11.7 Å². The van der Waals surface area contributed by atoms with E-state index in [1.807, 2.05) is 0 Å². The van der Waals surface area contributed by atoms with Crippen molar-refractivity contribution in [1.29, 1.82) is 0 Å². The van der Waals surface area contributed by atoms with Crippen molar-refractivity contribution < 1.29 is 26.7 Å². The molecule has 3 rings (SSSR count). The summed E-state index contributed by atoms with van der Waals surface area (Å²) in [4.78, 5) is 7.80. The summed E-state index contributed by atoms with van der Waals surface area (Å²) in [5.41, 5.74) is 0.620. The van der Waals surface area contributed by atoms with E-state index in [1.165, 1.54) is 30.7 Å². The van der Waals surface area contributed by atoms with Gasteiger partial charge in [-0.15, -0.1) is 10.2 Å². The Morgan fingerprint density at radius 1 is 1.08 bits per heavy atom. The second kappa shape index (κ2) is 6.31. The first kappa shape index (κ1) is 18.2. The lowest BCUT2D eigenvalue weighted by molar-refractivity contribution is -0.189. The van der Waals surface area contributed by atoms with Crippen LogP contribution in [-0.4, -0.2) is 36.8 Å². The maximum atomic E-state index is 13.3. The third-order valence-corrected chi connectivity index (χ3v) is 3.51. The van der Waals surface area contributed by atoms with Gasteiger partial charge in [-0.05, 0) is 24.6 Å². The summed E-state index contributed by atoms with van der Waals surface area (Å²) in [5.74, 6) is -1.03. The highest BCUT2D eigenvalue weighted by molar-refractivity contribution is 6.21. The molecule has 3 aromatic rings. The van der Waals surface area contributed by atoms with Gasteiger partial charge in [-0.1, -0.05) is 0 Å². The fraction of sp³-hybridized carbons (Fsp3) is 0.286. The van der Waals surface area contributed by atoms with E-state index in [0.29, 0.717) is 5.56 Å². The molecule has 0 saturated heterocycles. The van der Waals surface area contributed by atoms with E-state index in [2.05, 4.69) is 20.2 Å². The fourth-order valence-electron chi connectivity index (χ4n) is 1.99. The van der Waals surface area contributed by atoms with Crippen LogP contribution >= 0.6 is 11.6 Å². The van der Waals surface area contributed by atoms with Crippen molar-refractivity contribution in [3.63, 3.8) is 0 Å². The fourth-order valence-corrected chi connectivity index (χ4v) is 2.12.